The zero-order chi connectivity index (χ0) is 13.4. The van der Waals surface area contributed by atoms with Crippen molar-refractivity contribution in [1.29, 1.82) is 0 Å². The molecule has 4 nitrogen and oxygen atoms in total. The molecule has 1 aromatic carbocycles. The molecule has 0 bridgehead atoms. The lowest BCUT2D eigenvalue weighted by molar-refractivity contribution is 0.615. The maximum Gasteiger partial charge on any atom is 0.221 e. The van der Waals surface area contributed by atoms with Crippen molar-refractivity contribution in [3.63, 3.8) is 0 Å². The lowest BCUT2D eigenvalue weighted by Gasteiger charge is -2.07. The van der Waals surface area contributed by atoms with Gasteiger partial charge in [0.25, 0.3) is 0 Å². The van der Waals surface area contributed by atoms with Gasteiger partial charge in [-0.3, -0.25) is 0 Å². The first-order valence-corrected chi connectivity index (χ1v) is 6.26. The van der Waals surface area contributed by atoms with Gasteiger partial charge in [-0.15, -0.1) is 0 Å². The van der Waals surface area contributed by atoms with Gasteiger partial charge in [0.1, 0.15) is 11.2 Å². The summed E-state index contributed by atoms with van der Waals surface area (Å²) in [7, 11) is 0. The number of fused-ring (bicyclic) bond motifs is 1. The van der Waals surface area contributed by atoms with Crippen molar-refractivity contribution >= 4 is 17.0 Å². The minimum Gasteiger partial charge on any atom is -0.460 e. The van der Waals surface area contributed by atoms with Gasteiger partial charge in [0.2, 0.25) is 5.95 Å². The lowest BCUT2D eigenvalue weighted by atomic mass is 10.0. The Bertz CT molecular complexity index is 714. The molecule has 0 aliphatic heterocycles. The van der Waals surface area contributed by atoms with Crippen molar-refractivity contribution in [3.8, 4) is 11.3 Å². The Hall–Kier alpha value is -2.36. The fraction of sp³-hybridized carbons (Fsp3) is 0.200. The monoisotopic (exact) mass is 253 g/mol. The van der Waals surface area contributed by atoms with E-state index in [2.05, 4.69) is 35.9 Å². The summed E-state index contributed by atoms with van der Waals surface area (Å²) in [5.41, 5.74) is 10.2. The van der Waals surface area contributed by atoms with Crippen molar-refractivity contribution in [2.75, 3.05) is 5.73 Å². The number of rotatable bonds is 2. The van der Waals surface area contributed by atoms with Gasteiger partial charge < -0.3 is 10.2 Å². The van der Waals surface area contributed by atoms with E-state index in [1.807, 2.05) is 12.1 Å². The first-order valence-electron chi connectivity index (χ1n) is 6.26. The smallest absolute Gasteiger partial charge is 0.221 e. The van der Waals surface area contributed by atoms with E-state index < -0.39 is 0 Å². The molecule has 0 fully saturated rings. The average Bonchev–Trinajstić information content (AvgIpc) is 2.85. The largest absolute Gasteiger partial charge is 0.460 e. The van der Waals surface area contributed by atoms with Crippen LogP contribution < -0.4 is 5.73 Å². The highest BCUT2D eigenvalue weighted by atomic mass is 16.3. The molecule has 3 rings (SSSR count). The van der Waals surface area contributed by atoms with E-state index in [1.54, 1.807) is 12.3 Å². The Balaban J connectivity index is 2.15. The van der Waals surface area contributed by atoms with Crippen molar-refractivity contribution in [1.82, 2.24) is 9.97 Å². The highest BCUT2D eigenvalue weighted by Gasteiger charge is 2.11. The fourth-order valence-electron chi connectivity index (χ4n) is 2.10. The van der Waals surface area contributed by atoms with Crippen LogP contribution in [-0.2, 0) is 0 Å². The van der Waals surface area contributed by atoms with Crippen LogP contribution in [0, 0.1) is 0 Å². The topological polar surface area (TPSA) is 64.9 Å². The molecule has 0 unspecified atom stereocenters. The zero-order valence-corrected chi connectivity index (χ0v) is 10.9. The molecule has 2 aromatic heterocycles. The van der Waals surface area contributed by atoms with Crippen LogP contribution in [0.1, 0.15) is 25.3 Å². The SMILES string of the molecule is CC(C)c1ccc(-c2nc(N)nc3ccoc23)cc1. The molecule has 0 aliphatic rings. The maximum atomic E-state index is 5.74. The van der Waals surface area contributed by atoms with E-state index in [1.165, 1.54) is 5.56 Å². The second kappa shape index (κ2) is 4.39. The average molecular weight is 253 g/mol. The second-order valence-corrected chi connectivity index (χ2v) is 4.84. The maximum absolute atomic E-state index is 5.74. The molecule has 0 radical (unpaired) electrons. The third-order valence-electron chi connectivity index (χ3n) is 3.17. The van der Waals surface area contributed by atoms with Crippen LogP contribution in [-0.4, -0.2) is 9.97 Å². The second-order valence-electron chi connectivity index (χ2n) is 4.84. The Morgan fingerprint density at radius 2 is 1.79 bits per heavy atom. The molecule has 0 spiro atoms. The van der Waals surface area contributed by atoms with E-state index in [-0.39, 0.29) is 5.95 Å². The minimum absolute atomic E-state index is 0.261. The molecule has 19 heavy (non-hydrogen) atoms. The van der Waals surface area contributed by atoms with Crippen LogP contribution in [0.4, 0.5) is 5.95 Å². The third-order valence-corrected chi connectivity index (χ3v) is 3.17. The molecule has 2 heterocycles. The summed E-state index contributed by atoms with van der Waals surface area (Å²) < 4.78 is 5.46. The van der Waals surface area contributed by atoms with Gasteiger partial charge in [-0.1, -0.05) is 38.1 Å². The summed E-state index contributed by atoms with van der Waals surface area (Å²) >= 11 is 0. The normalized spacial score (nSPS) is 11.3. The van der Waals surface area contributed by atoms with Gasteiger partial charge >= 0.3 is 0 Å². The number of hydrogen-bond acceptors (Lipinski definition) is 4. The summed E-state index contributed by atoms with van der Waals surface area (Å²) in [6.45, 7) is 4.34. The van der Waals surface area contributed by atoms with Gasteiger partial charge in [0.15, 0.2) is 5.58 Å². The minimum atomic E-state index is 0.261. The van der Waals surface area contributed by atoms with Crippen LogP contribution in [0.5, 0.6) is 0 Å². The Morgan fingerprint density at radius 1 is 1.05 bits per heavy atom. The molecule has 0 amide bonds. The molecular formula is C15H15N3O. The van der Waals surface area contributed by atoms with Crippen molar-refractivity contribution in [3.05, 3.63) is 42.2 Å². The number of benzene rings is 1. The van der Waals surface area contributed by atoms with E-state index >= 15 is 0 Å². The molecule has 3 aromatic rings. The van der Waals surface area contributed by atoms with Crippen LogP contribution in [0.15, 0.2) is 41.0 Å². The molecular weight excluding hydrogens is 238 g/mol. The third kappa shape index (κ3) is 2.05. The lowest BCUT2D eigenvalue weighted by Crippen LogP contribution is -1.97. The van der Waals surface area contributed by atoms with Crippen LogP contribution in [0.25, 0.3) is 22.4 Å². The fourth-order valence-corrected chi connectivity index (χ4v) is 2.10. The Morgan fingerprint density at radius 3 is 2.47 bits per heavy atom. The van der Waals surface area contributed by atoms with Gasteiger partial charge in [0, 0.05) is 11.6 Å². The van der Waals surface area contributed by atoms with Crippen LogP contribution in [0.2, 0.25) is 0 Å². The summed E-state index contributed by atoms with van der Waals surface area (Å²) in [6.07, 6.45) is 1.60. The number of nitrogens with two attached hydrogens (primary N) is 1. The Labute approximate surface area is 111 Å². The summed E-state index contributed by atoms with van der Waals surface area (Å²) in [4.78, 5) is 8.43. The number of nitrogens with zero attached hydrogens (tertiary/aromatic N) is 2. The zero-order valence-electron chi connectivity index (χ0n) is 10.9. The molecule has 96 valence electrons. The van der Waals surface area contributed by atoms with Gasteiger partial charge in [-0.2, -0.15) is 0 Å². The molecule has 0 saturated carbocycles. The molecule has 0 atom stereocenters. The predicted octanol–water partition coefficient (Wildman–Crippen LogP) is 3.60. The van der Waals surface area contributed by atoms with Crippen LogP contribution >= 0.6 is 0 Å². The predicted molar refractivity (Wildman–Crippen MR) is 75.7 cm³/mol. The van der Waals surface area contributed by atoms with Gasteiger partial charge in [0.05, 0.1) is 6.26 Å². The highest BCUT2D eigenvalue weighted by molar-refractivity contribution is 5.88. The van der Waals surface area contributed by atoms with Gasteiger partial charge in [-0.25, -0.2) is 9.97 Å². The molecule has 0 aliphatic carbocycles. The molecule has 0 saturated heterocycles. The summed E-state index contributed by atoms with van der Waals surface area (Å²) in [5.74, 6) is 0.769. The van der Waals surface area contributed by atoms with Crippen molar-refractivity contribution < 1.29 is 4.42 Å². The number of nitrogen functional groups attached to an aromatic ring is 1. The van der Waals surface area contributed by atoms with E-state index in [4.69, 9.17) is 10.2 Å². The quantitative estimate of drug-likeness (QED) is 0.757. The number of furan rings is 1. The summed E-state index contributed by atoms with van der Waals surface area (Å²) in [5, 5.41) is 0. The molecule has 2 N–H and O–H groups in total. The van der Waals surface area contributed by atoms with Gasteiger partial charge in [-0.05, 0) is 11.5 Å². The van der Waals surface area contributed by atoms with Crippen molar-refractivity contribution in [2.45, 2.75) is 19.8 Å². The standard InChI is InChI=1S/C15H15N3O/c1-9(2)10-3-5-11(6-4-10)13-14-12(7-8-19-14)17-15(16)18-13/h3-9H,1-2H3,(H2,16,17,18). The van der Waals surface area contributed by atoms with Crippen molar-refractivity contribution in [2.24, 2.45) is 0 Å². The van der Waals surface area contributed by atoms with E-state index in [9.17, 15) is 0 Å². The first-order chi connectivity index (χ1) is 9.15. The van der Waals surface area contributed by atoms with E-state index in [0.717, 1.165) is 16.8 Å². The first kappa shape index (κ1) is 11.7. The summed E-state index contributed by atoms with van der Waals surface area (Å²) in [6, 6.07) is 10.1. The Kier molecular flexibility index (Phi) is 2.71. The van der Waals surface area contributed by atoms with Crippen LogP contribution in [0.3, 0.4) is 0 Å². The number of aromatic nitrogens is 2. The molecule has 4 heteroatoms. The number of anilines is 1. The van der Waals surface area contributed by atoms with E-state index in [0.29, 0.717) is 11.5 Å². The highest BCUT2D eigenvalue weighted by Crippen LogP contribution is 2.28. The number of hydrogen-bond donors (Lipinski definition) is 1.